The van der Waals surface area contributed by atoms with Gasteiger partial charge in [0.2, 0.25) is 0 Å². The summed E-state index contributed by atoms with van der Waals surface area (Å²) < 4.78 is 4.98. The first-order valence-electron chi connectivity index (χ1n) is 14.6. The smallest absolute Gasteiger partial charge is 0.0730 e. The summed E-state index contributed by atoms with van der Waals surface area (Å²) in [6.07, 6.45) is 4.10. The van der Waals surface area contributed by atoms with E-state index in [1.54, 1.807) is 0 Å². The molecule has 200 valence electrons. The van der Waals surface area contributed by atoms with E-state index >= 15 is 0 Å². The number of rotatable bonds is 2. The predicted octanol–water partition coefficient (Wildman–Crippen LogP) is 11.1. The van der Waals surface area contributed by atoms with Gasteiger partial charge >= 0.3 is 0 Å². The fourth-order valence-corrected chi connectivity index (χ4v) is 8.37. The number of benzene rings is 6. The van der Waals surface area contributed by atoms with Gasteiger partial charge in [-0.1, -0.05) is 72.8 Å². The molecule has 1 aliphatic rings. The molecular weight excluding hydrogens is 543 g/mol. The minimum Gasteiger partial charge on any atom is -0.309 e. The van der Waals surface area contributed by atoms with Gasteiger partial charge in [-0.25, -0.2) is 0 Å². The molecule has 0 fully saturated rings. The van der Waals surface area contributed by atoms with Crippen LogP contribution < -0.4 is 4.90 Å². The van der Waals surface area contributed by atoms with Crippen LogP contribution in [-0.4, -0.2) is 9.55 Å². The molecule has 0 spiro atoms. The van der Waals surface area contributed by atoms with Gasteiger partial charge in [0.25, 0.3) is 0 Å². The van der Waals surface area contributed by atoms with E-state index in [9.17, 15) is 0 Å². The Labute approximate surface area is 251 Å². The summed E-state index contributed by atoms with van der Waals surface area (Å²) >= 11 is 1.86. The summed E-state index contributed by atoms with van der Waals surface area (Å²) in [5.74, 6) is 0. The van der Waals surface area contributed by atoms with E-state index < -0.39 is 0 Å². The molecule has 0 saturated heterocycles. The Kier molecular flexibility index (Phi) is 4.60. The maximum atomic E-state index is 4.84. The predicted molar refractivity (Wildman–Crippen MR) is 183 cm³/mol. The third-order valence-electron chi connectivity index (χ3n) is 8.97. The van der Waals surface area contributed by atoms with Gasteiger partial charge in [-0.05, 0) is 60.2 Å². The molecular formula is C39H23N3S. The van der Waals surface area contributed by atoms with Gasteiger partial charge in [0, 0.05) is 64.9 Å². The van der Waals surface area contributed by atoms with E-state index in [1.165, 1.54) is 75.3 Å². The van der Waals surface area contributed by atoms with E-state index in [0.29, 0.717) is 0 Å². The van der Waals surface area contributed by atoms with E-state index in [4.69, 9.17) is 4.98 Å². The van der Waals surface area contributed by atoms with E-state index in [-0.39, 0.29) is 0 Å². The lowest BCUT2D eigenvalue weighted by molar-refractivity contribution is 1.18. The first-order chi connectivity index (χ1) is 21.3. The first-order valence-corrected chi connectivity index (χ1v) is 15.4. The number of anilines is 3. The molecule has 3 aromatic heterocycles. The van der Waals surface area contributed by atoms with E-state index in [0.717, 1.165) is 11.4 Å². The van der Waals surface area contributed by atoms with Crippen molar-refractivity contribution in [3.8, 4) is 16.8 Å². The molecule has 0 saturated carbocycles. The van der Waals surface area contributed by atoms with Crippen LogP contribution in [0, 0.1) is 0 Å². The van der Waals surface area contributed by atoms with Crippen LogP contribution in [0.5, 0.6) is 0 Å². The SMILES string of the molecule is c1ccc(-n2c3ccccc3c3cc(N4c5ccccc5-c5cc6c7ccccc7sc6c6cncc4c56)ccc32)cc1. The van der Waals surface area contributed by atoms with Crippen molar-refractivity contribution in [1.29, 1.82) is 0 Å². The third-order valence-corrected chi connectivity index (χ3v) is 10.2. The van der Waals surface area contributed by atoms with Crippen LogP contribution in [0.25, 0.3) is 69.6 Å². The summed E-state index contributed by atoms with van der Waals surface area (Å²) in [5, 5.41) is 7.58. The largest absolute Gasteiger partial charge is 0.309 e. The number of nitrogens with zero attached hydrogens (tertiary/aromatic N) is 3. The van der Waals surface area contributed by atoms with Crippen molar-refractivity contribution in [2.45, 2.75) is 0 Å². The molecule has 0 radical (unpaired) electrons. The van der Waals surface area contributed by atoms with E-state index in [2.05, 4.69) is 143 Å². The van der Waals surface area contributed by atoms with Gasteiger partial charge in [-0.3, -0.25) is 4.98 Å². The molecule has 4 heterocycles. The highest BCUT2D eigenvalue weighted by Gasteiger charge is 2.28. The molecule has 0 amide bonds. The number of fused-ring (bicyclic) bond motifs is 9. The lowest BCUT2D eigenvalue weighted by Crippen LogP contribution is -2.15. The van der Waals surface area contributed by atoms with Gasteiger partial charge in [-0.2, -0.15) is 0 Å². The van der Waals surface area contributed by atoms with Crippen LogP contribution in [-0.2, 0) is 0 Å². The molecule has 10 rings (SSSR count). The Morgan fingerprint density at radius 1 is 0.488 bits per heavy atom. The number of thiophene rings is 1. The molecule has 6 aromatic carbocycles. The van der Waals surface area contributed by atoms with Crippen molar-refractivity contribution in [3.63, 3.8) is 0 Å². The molecule has 3 nitrogen and oxygen atoms in total. The van der Waals surface area contributed by atoms with Crippen LogP contribution in [0.3, 0.4) is 0 Å². The Balaban J connectivity index is 1.29. The van der Waals surface area contributed by atoms with Crippen molar-refractivity contribution in [2.75, 3.05) is 4.90 Å². The van der Waals surface area contributed by atoms with Crippen molar-refractivity contribution in [1.82, 2.24) is 9.55 Å². The lowest BCUT2D eigenvalue weighted by atomic mass is 9.90. The molecule has 0 N–H and O–H groups in total. The highest BCUT2D eigenvalue weighted by Crippen LogP contribution is 2.54. The summed E-state index contributed by atoms with van der Waals surface area (Å²) in [6.45, 7) is 0. The first kappa shape index (κ1) is 23.1. The van der Waals surface area contributed by atoms with Crippen LogP contribution in [0.2, 0.25) is 0 Å². The highest BCUT2D eigenvalue weighted by atomic mass is 32.1. The van der Waals surface area contributed by atoms with Crippen LogP contribution in [0.15, 0.2) is 140 Å². The molecule has 1 aliphatic heterocycles. The van der Waals surface area contributed by atoms with Crippen molar-refractivity contribution < 1.29 is 0 Å². The number of hydrogen-bond donors (Lipinski definition) is 0. The minimum atomic E-state index is 1.12. The average molecular weight is 566 g/mol. The molecule has 0 atom stereocenters. The number of aromatic nitrogens is 2. The van der Waals surface area contributed by atoms with Crippen molar-refractivity contribution in [2.24, 2.45) is 0 Å². The molecule has 4 heteroatoms. The zero-order valence-electron chi connectivity index (χ0n) is 23.0. The molecule has 0 bridgehead atoms. The summed E-state index contributed by atoms with van der Waals surface area (Å²) in [7, 11) is 0. The molecule has 9 aromatic rings. The standard InChI is InChI=1S/C39H23N3S/c1-2-10-24(11-3-1)41-33-15-7-4-12-26(33)29-20-25(18-19-35(29)41)42-34-16-8-5-13-27(34)30-21-31-28-14-6-9-17-37(28)43-39(31)32-22-40-23-36(42)38(30)32/h1-23H. The van der Waals surface area contributed by atoms with Gasteiger partial charge in [0.1, 0.15) is 0 Å². The second-order valence-electron chi connectivity index (χ2n) is 11.2. The van der Waals surface area contributed by atoms with Crippen LogP contribution >= 0.6 is 11.3 Å². The highest BCUT2D eigenvalue weighted by molar-refractivity contribution is 7.26. The number of para-hydroxylation sites is 3. The minimum absolute atomic E-state index is 1.12. The van der Waals surface area contributed by atoms with Gasteiger partial charge in [0.15, 0.2) is 0 Å². The zero-order valence-corrected chi connectivity index (χ0v) is 23.8. The Bertz CT molecular complexity index is 2570. The van der Waals surface area contributed by atoms with Gasteiger partial charge in [-0.15, -0.1) is 11.3 Å². The third kappa shape index (κ3) is 3.10. The fourth-order valence-electron chi connectivity index (χ4n) is 7.17. The normalized spacial score (nSPS) is 12.6. The topological polar surface area (TPSA) is 21.1 Å². The summed E-state index contributed by atoms with van der Waals surface area (Å²) in [5.41, 5.74) is 9.52. The molecule has 0 unspecified atom stereocenters. The van der Waals surface area contributed by atoms with Crippen LogP contribution in [0.4, 0.5) is 17.1 Å². The number of hydrogen-bond acceptors (Lipinski definition) is 3. The molecule has 43 heavy (non-hydrogen) atoms. The second kappa shape index (κ2) is 8.54. The molecule has 0 aliphatic carbocycles. The maximum Gasteiger partial charge on any atom is 0.0730 e. The maximum absolute atomic E-state index is 4.84. The van der Waals surface area contributed by atoms with Crippen molar-refractivity contribution in [3.05, 3.63) is 140 Å². The quantitative estimate of drug-likeness (QED) is 0.208. The van der Waals surface area contributed by atoms with Gasteiger partial charge < -0.3 is 9.47 Å². The zero-order chi connectivity index (χ0) is 28.1. The Hall–Kier alpha value is -5.45. The fraction of sp³-hybridized carbons (Fsp3) is 0. The second-order valence-corrected chi connectivity index (χ2v) is 12.3. The van der Waals surface area contributed by atoms with Crippen LogP contribution in [0.1, 0.15) is 0 Å². The average Bonchev–Trinajstić information content (AvgIpc) is 3.61. The number of pyridine rings is 1. The summed E-state index contributed by atoms with van der Waals surface area (Å²) in [6, 6.07) is 46.2. The Morgan fingerprint density at radius 3 is 2.19 bits per heavy atom. The summed E-state index contributed by atoms with van der Waals surface area (Å²) in [4.78, 5) is 7.25. The van der Waals surface area contributed by atoms with E-state index in [1.807, 2.05) is 17.5 Å². The van der Waals surface area contributed by atoms with Gasteiger partial charge in [0.05, 0.1) is 28.6 Å². The lowest BCUT2D eigenvalue weighted by Gasteiger charge is -2.33. The monoisotopic (exact) mass is 565 g/mol. The van der Waals surface area contributed by atoms with Crippen molar-refractivity contribution >= 4 is 81.1 Å². The Morgan fingerprint density at radius 2 is 1.26 bits per heavy atom.